The summed E-state index contributed by atoms with van der Waals surface area (Å²) in [6.07, 6.45) is 2.90. The van der Waals surface area contributed by atoms with Gasteiger partial charge in [-0.25, -0.2) is 0 Å². The quantitative estimate of drug-likeness (QED) is 0.943. The van der Waals surface area contributed by atoms with Crippen LogP contribution in [0.4, 0.5) is 5.69 Å². The van der Waals surface area contributed by atoms with Crippen LogP contribution in [-0.2, 0) is 4.79 Å². The molecule has 1 N–H and O–H groups in total. The van der Waals surface area contributed by atoms with Gasteiger partial charge in [0.05, 0.1) is 6.54 Å². The number of benzene rings is 1. The Hall–Kier alpha value is -2.20. The van der Waals surface area contributed by atoms with Gasteiger partial charge in [0.1, 0.15) is 0 Å². The van der Waals surface area contributed by atoms with Gasteiger partial charge < -0.3 is 5.32 Å². The van der Waals surface area contributed by atoms with Gasteiger partial charge in [0.25, 0.3) is 0 Å². The first-order chi connectivity index (χ1) is 10.7. The molecule has 4 nitrogen and oxygen atoms in total. The van der Waals surface area contributed by atoms with Crippen LogP contribution in [-0.4, -0.2) is 35.4 Å². The predicted octanol–water partition coefficient (Wildman–Crippen LogP) is 2.82. The molecular weight excluding hydrogens is 274 g/mol. The topological polar surface area (TPSA) is 45.2 Å². The summed E-state index contributed by atoms with van der Waals surface area (Å²) in [6, 6.07) is 13.9. The molecule has 1 fully saturated rings. The number of likely N-dealkylation sites (tertiary alicyclic amines) is 1. The van der Waals surface area contributed by atoms with E-state index in [9.17, 15) is 4.79 Å². The molecule has 0 aliphatic carbocycles. The standard InChI is InChI=1S/C18H21N3O/c1-14-5-4-6-16(11-14)20-18(22)13-21-10-8-15(12-21)17-7-2-3-9-19-17/h2-7,9,11,15H,8,10,12-13H2,1H3,(H,20,22). The lowest BCUT2D eigenvalue weighted by molar-refractivity contribution is -0.117. The number of nitrogens with zero attached hydrogens (tertiary/aromatic N) is 2. The van der Waals surface area contributed by atoms with Gasteiger partial charge >= 0.3 is 0 Å². The summed E-state index contributed by atoms with van der Waals surface area (Å²) in [5.41, 5.74) is 3.14. The van der Waals surface area contributed by atoms with Crippen molar-refractivity contribution >= 4 is 11.6 Å². The first kappa shape index (κ1) is 14.7. The van der Waals surface area contributed by atoms with E-state index in [0.29, 0.717) is 12.5 Å². The summed E-state index contributed by atoms with van der Waals surface area (Å²) in [5, 5.41) is 2.97. The van der Waals surface area contributed by atoms with Crippen LogP contribution in [0.5, 0.6) is 0 Å². The van der Waals surface area contributed by atoms with Crippen molar-refractivity contribution in [2.24, 2.45) is 0 Å². The van der Waals surface area contributed by atoms with Gasteiger partial charge in [0, 0.05) is 30.0 Å². The highest BCUT2D eigenvalue weighted by Gasteiger charge is 2.25. The maximum absolute atomic E-state index is 12.2. The number of anilines is 1. The average Bonchev–Trinajstić information content (AvgIpc) is 2.96. The van der Waals surface area contributed by atoms with Gasteiger partial charge in [0.2, 0.25) is 5.91 Å². The fourth-order valence-corrected chi connectivity index (χ4v) is 2.96. The monoisotopic (exact) mass is 295 g/mol. The van der Waals surface area contributed by atoms with E-state index in [-0.39, 0.29) is 5.91 Å². The van der Waals surface area contributed by atoms with Crippen LogP contribution in [0.1, 0.15) is 23.6 Å². The molecule has 0 saturated carbocycles. The minimum Gasteiger partial charge on any atom is -0.325 e. The number of rotatable bonds is 4. The molecule has 3 rings (SSSR count). The molecule has 2 heterocycles. The maximum Gasteiger partial charge on any atom is 0.238 e. The van der Waals surface area contributed by atoms with Gasteiger partial charge in [-0.05, 0) is 49.7 Å². The summed E-state index contributed by atoms with van der Waals surface area (Å²) >= 11 is 0. The van der Waals surface area contributed by atoms with Gasteiger partial charge in [-0.15, -0.1) is 0 Å². The molecule has 1 aromatic heterocycles. The molecule has 1 unspecified atom stereocenters. The molecule has 0 spiro atoms. The van der Waals surface area contributed by atoms with E-state index < -0.39 is 0 Å². The average molecular weight is 295 g/mol. The number of hydrogen-bond donors (Lipinski definition) is 1. The zero-order valence-electron chi connectivity index (χ0n) is 12.8. The Morgan fingerprint density at radius 2 is 2.23 bits per heavy atom. The Kier molecular flexibility index (Phi) is 4.49. The van der Waals surface area contributed by atoms with Crippen molar-refractivity contribution in [1.82, 2.24) is 9.88 Å². The molecule has 2 aromatic rings. The van der Waals surface area contributed by atoms with Crippen molar-refractivity contribution in [2.75, 3.05) is 25.0 Å². The van der Waals surface area contributed by atoms with Crippen LogP contribution in [0.2, 0.25) is 0 Å². The van der Waals surface area contributed by atoms with Gasteiger partial charge in [-0.3, -0.25) is 14.7 Å². The van der Waals surface area contributed by atoms with Gasteiger partial charge in [0.15, 0.2) is 0 Å². The molecule has 114 valence electrons. The lowest BCUT2D eigenvalue weighted by Crippen LogP contribution is -2.31. The van der Waals surface area contributed by atoms with Crippen LogP contribution in [0.15, 0.2) is 48.7 Å². The number of aromatic nitrogens is 1. The van der Waals surface area contributed by atoms with Crippen LogP contribution in [0, 0.1) is 6.92 Å². The number of aryl methyl sites for hydroxylation is 1. The minimum atomic E-state index is 0.0484. The molecular formula is C18H21N3O. The zero-order valence-corrected chi connectivity index (χ0v) is 12.8. The minimum absolute atomic E-state index is 0.0484. The third-order valence-corrected chi connectivity index (χ3v) is 4.05. The van der Waals surface area contributed by atoms with Gasteiger partial charge in [-0.2, -0.15) is 0 Å². The Bertz CT molecular complexity index is 642. The van der Waals surface area contributed by atoms with E-state index in [1.54, 1.807) is 0 Å². The Morgan fingerprint density at radius 1 is 1.32 bits per heavy atom. The summed E-state index contributed by atoms with van der Waals surface area (Å²) in [4.78, 5) is 18.8. The van der Waals surface area contributed by atoms with Crippen molar-refractivity contribution < 1.29 is 4.79 Å². The number of hydrogen-bond acceptors (Lipinski definition) is 3. The zero-order chi connectivity index (χ0) is 15.4. The van der Waals surface area contributed by atoms with Crippen molar-refractivity contribution in [3.05, 3.63) is 59.9 Å². The molecule has 1 atom stereocenters. The van der Waals surface area contributed by atoms with Crippen LogP contribution >= 0.6 is 0 Å². The molecule has 0 bridgehead atoms. The van der Waals surface area contributed by atoms with Crippen LogP contribution in [0.25, 0.3) is 0 Å². The number of carbonyl (C=O) groups excluding carboxylic acids is 1. The van der Waals surface area contributed by atoms with Crippen molar-refractivity contribution in [2.45, 2.75) is 19.3 Å². The predicted molar refractivity (Wildman–Crippen MR) is 87.8 cm³/mol. The highest BCUT2D eigenvalue weighted by atomic mass is 16.2. The van der Waals surface area contributed by atoms with Crippen molar-refractivity contribution in [3.8, 4) is 0 Å². The van der Waals surface area contributed by atoms with Crippen molar-refractivity contribution in [1.29, 1.82) is 0 Å². The molecule has 4 heteroatoms. The number of amides is 1. The third kappa shape index (κ3) is 3.71. The first-order valence-corrected chi connectivity index (χ1v) is 7.70. The largest absolute Gasteiger partial charge is 0.325 e. The van der Waals surface area contributed by atoms with E-state index >= 15 is 0 Å². The Morgan fingerprint density at radius 3 is 3.00 bits per heavy atom. The first-order valence-electron chi connectivity index (χ1n) is 7.70. The smallest absolute Gasteiger partial charge is 0.238 e. The van der Waals surface area contributed by atoms with Crippen LogP contribution < -0.4 is 5.32 Å². The van der Waals surface area contributed by atoms with Crippen LogP contribution in [0.3, 0.4) is 0 Å². The third-order valence-electron chi connectivity index (χ3n) is 4.05. The fourth-order valence-electron chi connectivity index (χ4n) is 2.96. The lowest BCUT2D eigenvalue weighted by Gasteiger charge is -2.15. The number of nitrogens with one attached hydrogen (secondary N) is 1. The molecule has 1 aromatic carbocycles. The summed E-state index contributed by atoms with van der Waals surface area (Å²) < 4.78 is 0. The highest BCUT2D eigenvalue weighted by molar-refractivity contribution is 5.92. The van der Waals surface area contributed by atoms with E-state index in [0.717, 1.165) is 36.5 Å². The lowest BCUT2D eigenvalue weighted by atomic mass is 10.0. The SMILES string of the molecule is Cc1cccc(NC(=O)CN2CCC(c3ccccn3)C2)c1. The molecule has 1 aliphatic heterocycles. The maximum atomic E-state index is 12.2. The molecule has 22 heavy (non-hydrogen) atoms. The van der Waals surface area contributed by atoms with E-state index in [1.807, 2.05) is 49.5 Å². The molecule has 0 radical (unpaired) electrons. The summed E-state index contributed by atoms with van der Waals surface area (Å²) in [7, 11) is 0. The highest BCUT2D eigenvalue weighted by Crippen LogP contribution is 2.25. The Balaban J connectivity index is 1.53. The summed E-state index contributed by atoms with van der Waals surface area (Å²) in [5.74, 6) is 0.486. The second kappa shape index (κ2) is 6.71. The number of pyridine rings is 1. The number of carbonyl (C=O) groups is 1. The van der Waals surface area contributed by atoms with Gasteiger partial charge in [-0.1, -0.05) is 18.2 Å². The Labute approximate surface area is 131 Å². The van der Waals surface area contributed by atoms with Crippen molar-refractivity contribution in [3.63, 3.8) is 0 Å². The second-order valence-corrected chi connectivity index (χ2v) is 5.89. The fraction of sp³-hybridized carbons (Fsp3) is 0.333. The van der Waals surface area contributed by atoms with E-state index in [1.165, 1.54) is 0 Å². The normalized spacial score (nSPS) is 18.3. The van der Waals surface area contributed by atoms with E-state index in [2.05, 4.69) is 21.3 Å². The molecule has 1 saturated heterocycles. The second-order valence-electron chi connectivity index (χ2n) is 5.89. The summed E-state index contributed by atoms with van der Waals surface area (Å²) in [6.45, 7) is 4.31. The van der Waals surface area contributed by atoms with E-state index in [4.69, 9.17) is 0 Å². The molecule has 1 amide bonds. The molecule has 1 aliphatic rings.